The number of nitrogens with zero attached hydrogens (tertiary/aromatic N) is 3. The maximum atomic E-state index is 15.3. The van der Waals surface area contributed by atoms with Crippen molar-refractivity contribution in [1.29, 1.82) is 0 Å². The molecule has 0 aliphatic carbocycles. The van der Waals surface area contributed by atoms with Crippen LogP contribution < -0.4 is 36.6 Å². The summed E-state index contributed by atoms with van der Waals surface area (Å²) < 4.78 is 33.0. The van der Waals surface area contributed by atoms with E-state index in [2.05, 4.69) is 31.2 Å². The van der Waals surface area contributed by atoms with Crippen LogP contribution in [0.25, 0.3) is 21.3 Å². The summed E-state index contributed by atoms with van der Waals surface area (Å²) in [4.78, 5) is 138. The average Bonchev–Trinajstić information content (AvgIpc) is 1.67. The van der Waals surface area contributed by atoms with E-state index in [4.69, 9.17) is 10.5 Å². The molecule has 25 heteroatoms. The number of H-pyrrole nitrogens is 1. The van der Waals surface area contributed by atoms with Gasteiger partial charge in [0.1, 0.15) is 48.0 Å². The summed E-state index contributed by atoms with van der Waals surface area (Å²) >= 11 is 1.55. The third-order valence-electron chi connectivity index (χ3n) is 16.4. The Morgan fingerprint density at radius 3 is 2.35 bits per heavy atom. The number of likely N-dealkylation sites (tertiary alicyclic amines) is 1. The lowest BCUT2D eigenvalue weighted by Crippen LogP contribution is -2.57. The number of ether oxygens (including phenoxy) is 1. The fourth-order valence-corrected chi connectivity index (χ4v) is 12.9. The van der Waals surface area contributed by atoms with Gasteiger partial charge in [0, 0.05) is 48.7 Å². The van der Waals surface area contributed by atoms with Gasteiger partial charge in [-0.2, -0.15) is 0 Å². The minimum atomic E-state index is -5.07. The van der Waals surface area contributed by atoms with E-state index in [0.29, 0.717) is 47.8 Å². The summed E-state index contributed by atoms with van der Waals surface area (Å²) in [5.74, 6) is -3.87. The van der Waals surface area contributed by atoms with Crippen molar-refractivity contribution < 1.29 is 66.9 Å². The van der Waals surface area contributed by atoms with Crippen LogP contribution in [0.1, 0.15) is 134 Å². The first-order chi connectivity index (χ1) is 41.7. The summed E-state index contributed by atoms with van der Waals surface area (Å²) in [6.07, 6.45) is 1.55. The molecule has 7 atom stereocenters. The molecule has 2 aromatic heterocycles. The van der Waals surface area contributed by atoms with Gasteiger partial charge in [0.15, 0.2) is 0 Å². The Bertz CT molecular complexity index is 3710. The van der Waals surface area contributed by atoms with Gasteiger partial charge in [0.2, 0.25) is 35.4 Å². The fraction of sp³-hybridized carbons (Fsp3) is 0.413. The van der Waals surface area contributed by atoms with Crippen LogP contribution in [0.3, 0.4) is 0 Å². The molecule has 4 aromatic carbocycles. The number of aromatic amines is 1. The predicted octanol–water partition coefficient (Wildman–Crippen LogP) is 6.36. The quantitative estimate of drug-likeness (QED) is 0.0235. The number of unbranched alkanes of at least 4 members (excludes halogenated alkanes) is 2. The fourth-order valence-electron chi connectivity index (χ4n) is 11.6. The van der Waals surface area contributed by atoms with E-state index in [1.54, 1.807) is 22.9 Å². The second-order valence-electron chi connectivity index (χ2n) is 24.0. The number of carbonyl (C=O) groups is 8. The van der Waals surface area contributed by atoms with E-state index >= 15 is 4.39 Å². The average molecular weight is 1250 g/mol. The Balaban J connectivity index is 0.768. The molecule has 0 radical (unpaired) electrons. The highest BCUT2D eigenvalue weighted by molar-refractivity contribution is 7.70. The lowest BCUT2D eigenvalue weighted by Gasteiger charge is -2.35. The number of nitrogens with one attached hydrogen (secondary N) is 5. The van der Waals surface area contributed by atoms with Gasteiger partial charge < -0.3 is 56.5 Å². The van der Waals surface area contributed by atoms with Crippen LogP contribution in [-0.2, 0) is 52.6 Å². The third kappa shape index (κ3) is 15.0. The largest absolute Gasteiger partial charge is 0.491 e. The maximum Gasteiger partial charge on any atom is 0.396 e. The van der Waals surface area contributed by atoms with Gasteiger partial charge in [0.25, 0.3) is 11.4 Å². The number of benzene rings is 4. The molecular formula is C63H73FN9O13PS. The zero-order valence-electron chi connectivity index (χ0n) is 49.5. The number of nitrogens with two attached hydrogens (primary N) is 1. The van der Waals surface area contributed by atoms with Crippen LogP contribution >= 0.6 is 18.9 Å². The number of hydrogen-bond donors (Lipinski definition) is 9. The van der Waals surface area contributed by atoms with Crippen molar-refractivity contribution in [2.75, 3.05) is 18.1 Å². The number of halogens is 1. The molecule has 0 spiro atoms. The van der Waals surface area contributed by atoms with Crippen molar-refractivity contribution in [1.82, 2.24) is 36.1 Å². The number of aryl methyl sites for hydroxylation is 3. The molecule has 3 aliphatic rings. The van der Waals surface area contributed by atoms with Crippen molar-refractivity contribution in [3.8, 4) is 16.2 Å². The third-order valence-corrected chi connectivity index (χ3v) is 18.1. The summed E-state index contributed by atoms with van der Waals surface area (Å²) in [6, 6.07) is 17.5. The molecule has 0 unspecified atom stereocenters. The minimum Gasteiger partial charge on any atom is -0.491 e. The number of carbonyl (C=O) groups excluding carboxylic acids is 8. The summed E-state index contributed by atoms with van der Waals surface area (Å²) in [5.41, 5.74) is 10.6. The number of aromatic nitrogens is 2. The molecule has 10 N–H and O–H groups in total. The van der Waals surface area contributed by atoms with Gasteiger partial charge in [-0.15, -0.1) is 11.3 Å². The number of aliphatic hydroxyl groups excluding tert-OH is 1. The molecule has 9 rings (SSSR count). The molecule has 466 valence electrons. The van der Waals surface area contributed by atoms with Crippen LogP contribution in [0.2, 0.25) is 0 Å². The molecule has 1 saturated heterocycles. The highest BCUT2D eigenvalue weighted by atomic mass is 32.1. The molecule has 0 saturated carbocycles. The molecule has 6 aromatic rings. The number of aliphatic hydroxyl groups is 1. The van der Waals surface area contributed by atoms with Crippen molar-refractivity contribution >= 4 is 82.4 Å². The van der Waals surface area contributed by atoms with Crippen LogP contribution in [0, 0.1) is 18.2 Å². The van der Waals surface area contributed by atoms with E-state index in [1.807, 2.05) is 77.1 Å². The number of para-hydroxylation sites is 1. The standard InChI is InChI=1S/C63H73FN9O13PS/c1-34(36-14-16-38(17-15-36)55-35(2)66-33-88-55)67-58(78)50-30-44(74)31-72(50)61(81)56(63(3,4)5)71-53(76)13-8-6-7-10-39-27-45(21-22-46(39)64)86-32-43(20-25-52(65)75)68-59(79)51-29-40-12-9-11-37-18-24-48(60(80)73(51)54(37)40)70-57(77)49-28-42-26-41(19-23-47(42)69-49)62(82)87(83,84)85/h9,11-12,14-17,19,21-23,26-28,33-34,43-44,48,50-51,56,69,74H,6-8,10,13,18,20,24-25,29-32H2,1-5H3,(H2,65,75)(H,67,78)(H,68,79)(H,70,77)(H,71,76)(H2,83,84,85)/t34-,43-,44+,48-,50-,51-,56+/m0/s1. The highest BCUT2D eigenvalue weighted by Gasteiger charge is 2.46. The lowest BCUT2D eigenvalue weighted by atomic mass is 9.85. The summed E-state index contributed by atoms with van der Waals surface area (Å²) in [5, 5.41) is 22.7. The first-order valence-corrected chi connectivity index (χ1v) is 31.8. The molecular weight excluding hydrogens is 1170 g/mol. The van der Waals surface area contributed by atoms with Crippen LogP contribution in [0.5, 0.6) is 5.75 Å². The molecule has 88 heavy (non-hydrogen) atoms. The Hall–Kier alpha value is -8.15. The molecule has 3 aliphatic heterocycles. The number of primary amides is 1. The monoisotopic (exact) mass is 1250 g/mol. The number of hydrogen-bond acceptors (Lipinski definition) is 13. The SMILES string of the molecule is Cc1ncsc1-c1ccc([C@H](C)NC(=O)[C@@H]2C[C@@H](O)CN2C(=O)[C@@H](NC(=O)CCCCCc2cc(OC[C@H](CCC(N)=O)NC(=O)[C@@H]3Cc4cccc5c4N3C(=O)[C@@H](NC(=O)c3cc4cc(C(=O)P(=O)(O)O)ccc4[nH]3)CC5)ccc2F)C(C)(C)C)cc1. The molecule has 22 nitrogen and oxygen atoms in total. The van der Waals surface area contributed by atoms with E-state index in [1.165, 1.54) is 46.2 Å². The van der Waals surface area contributed by atoms with Gasteiger partial charge in [-0.3, -0.25) is 47.8 Å². The number of β-amino-alcohol motifs (C(OH)–C–C–N with tert-alkyl or cyclic N) is 1. The van der Waals surface area contributed by atoms with Gasteiger partial charge in [0.05, 0.1) is 40.0 Å². The smallest absolute Gasteiger partial charge is 0.396 e. The Labute approximate surface area is 511 Å². The van der Waals surface area contributed by atoms with Gasteiger partial charge in [-0.05, 0) is 128 Å². The Morgan fingerprint density at radius 1 is 0.909 bits per heavy atom. The van der Waals surface area contributed by atoms with E-state index in [-0.39, 0.29) is 81.0 Å². The van der Waals surface area contributed by atoms with E-state index < -0.39 is 102 Å². The molecule has 5 heterocycles. The van der Waals surface area contributed by atoms with Crippen LogP contribution in [0.4, 0.5) is 10.1 Å². The Kier molecular flexibility index (Phi) is 19.8. The van der Waals surface area contributed by atoms with Gasteiger partial charge in [-0.25, -0.2) is 9.37 Å². The number of rotatable bonds is 24. The maximum absolute atomic E-state index is 15.3. The number of thiazole rings is 1. The molecule has 1 fully saturated rings. The zero-order valence-corrected chi connectivity index (χ0v) is 51.2. The van der Waals surface area contributed by atoms with E-state index in [9.17, 15) is 57.8 Å². The first kappa shape index (κ1) is 64.3. The molecule has 7 amide bonds. The van der Waals surface area contributed by atoms with E-state index in [0.717, 1.165) is 32.8 Å². The number of fused-ring (bicyclic) bond motifs is 1. The van der Waals surface area contributed by atoms with Crippen molar-refractivity contribution in [2.24, 2.45) is 11.1 Å². The van der Waals surface area contributed by atoms with Crippen molar-refractivity contribution in [3.05, 3.63) is 135 Å². The predicted molar refractivity (Wildman–Crippen MR) is 326 cm³/mol. The highest BCUT2D eigenvalue weighted by Crippen LogP contribution is 2.41. The summed E-state index contributed by atoms with van der Waals surface area (Å²) in [7, 11) is -5.07. The Morgan fingerprint density at radius 2 is 1.65 bits per heavy atom. The summed E-state index contributed by atoms with van der Waals surface area (Å²) in [6.45, 7) is 9.00. The zero-order chi connectivity index (χ0) is 63.4. The topological polar surface area (TPSA) is 333 Å². The van der Waals surface area contributed by atoms with Crippen molar-refractivity contribution in [2.45, 2.75) is 148 Å². The number of amides is 7. The second-order valence-corrected chi connectivity index (χ2v) is 26.3. The van der Waals surface area contributed by atoms with Gasteiger partial charge in [-0.1, -0.05) is 69.7 Å². The molecule has 0 bridgehead atoms. The first-order valence-electron chi connectivity index (χ1n) is 29.3. The second kappa shape index (κ2) is 27.1. The number of anilines is 1. The van der Waals surface area contributed by atoms with Crippen LogP contribution in [0.15, 0.2) is 90.4 Å². The lowest BCUT2D eigenvalue weighted by molar-refractivity contribution is -0.144. The van der Waals surface area contributed by atoms with Crippen LogP contribution in [-0.4, -0.2) is 126 Å². The van der Waals surface area contributed by atoms with Gasteiger partial charge >= 0.3 is 7.60 Å². The normalized spacial score (nSPS) is 18.4. The van der Waals surface area contributed by atoms with Crippen molar-refractivity contribution in [3.63, 3.8) is 0 Å². The minimum absolute atomic E-state index is 0.0136.